The molecule has 17 heavy (non-hydrogen) atoms. The number of carbonyl (C=O) groups is 1. The van der Waals surface area contributed by atoms with E-state index in [0.29, 0.717) is 6.54 Å². The molecule has 0 aromatic heterocycles. The molecular weight excluding hydrogens is 219 g/mol. The van der Waals surface area contributed by atoms with Gasteiger partial charge in [0.25, 0.3) is 0 Å². The maximum absolute atomic E-state index is 12.7. The largest absolute Gasteiger partial charge is 0.299 e. The molecule has 0 aliphatic rings. The molecule has 3 nitrogen and oxygen atoms in total. The Morgan fingerprint density at radius 1 is 1.41 bits per heavy atom. The number of hydrogen-bond acceptors (Lipinski definition) is 3. The zero-order valence-corrected chi connectivity index (χ0v) is 9.82. The van der Waals surface area contributed by atoms with E-state index in [0.717, 1.165) is 12.0 Å². The number of rotatable bonds is 6. The van der Waals surface area contributed by atoms with Crippen molar-refractivity contribution in [2.45, 2.75) is 12.8 Å². The lowest BCUT2D eigenvalue weighted by atomic mass is 10.1. The van der Waals surface area contributed by atoms with Crippen LogP contribution in [0.5, 0.6) is 0 Å². The van der Waals surface area contributed by atoms with Crippen LogP contribution < -0.4 is 0 Å². The van der Waals surface area contributed by atoms with Crippen LogP contribution >= 0.6 is 0 Å². The second-order valence-electron chi connectivity index (χ2n) is 3.99. The Bertz CT molecular complexity index is 408. The maximum atomic E-state index is 12.7. The maximum Gasteiger partial charge on any atom is 0.160 e. The Balaban J connectivity index is 2.33. The SMILES string of the molecule is CN(CCc1ccc(F)cc1)CC(=O)CC#N. The highest BCUT2D eigenvalue weighted by Crippen LogP contribution is 2.04. The lowest BCUT2D eigenvalue weighted by molar-refractivity contribution is -0.118. The molecule has 4 heteroatoms. The smallest absolute Gasteiger partial charge is 0.160 e. The Hall–Kier alpha value is -1.73. The van der Waals surface area contributed by atoms with Crippen molar-refractivity contribution in [3.05, 3.63) is 35.6 Å². The quantitative estimate of drug-likeness (QED) is 0.753. The van der Waals surface area contributed by atoms with Gasteiger partial charge in [-0.3, -0.25) is 9.69 Å². The van der Waals surface area contributed by atoms with Gasteiger partial charge in [0.1, 0.15) is 5.82 Å². The van der Waals surface area contributed by atoms with Gasteiger partial charge in [-0.15, -0.1) is 0 Å². The highest BCUT2D eigenvalue weighted by Gasteiger charge is 2.06. The Kier molecular flexibility index (Phi) is 5.31. The molecule has 0 saturated heterocycles. The van der Waals surface area contributed by atoms with Crippen molar-refractivity contribution in [3.63, 3.8) is 0 Å². The van der Waals surface area contributed by atoms with Crippen molar-refractivity contribution in [1.82, 2.24) is 4.90 Å². The third kappa shape index (κ3) is 5.23. The summed E-state index contributed by atoms with van der Waals surface area (Å²) in [6, 6.07) is 8.16. The van der Waals surface area contributed by atoms with Crippen LogP contribution in [-0.2, 0) is 11.2 Å². The third-order valence-electron chi connectivity index (χ3n) is 2.42. The number of Topliss-reactive ketones (excluding diaryl/α,β-unsaturated/α-hetero) is 1. The summed E-state index contributed by atoms with van der Waals surface area (Å²) in [6.07, 6.45) is 0.720. The zero-order valence-electron chi connectivity index (χ0n) is 9.82. The summed E-state index contributed by atoms with van der Waals surface area (Å²) < 4.78 is 12.7. The van der Waals surface area contributed by atoms with Crippen LogP contribution in [0.4, 0.5) is 4.39 Å². The summed E-state index contributed by atoms with van der Waals surface area (Å²) in [7, 11) is 1.83. The molecule has 1 rings (SSSR count). The molecule has 0 heterocycles. The highest BCUT2D eigenvalue weighted by molar-refractivity contribution is 5.82. The van der Waals surface area contributed by atoms with Gasteiger partial charge in [-0.25, -0.2) is 4.39 Å². The first kappa shape index (κ1) is 13.3. The fourth-order valence-electron chi connectivity index (χ4n) is 1.50. The molecule has 0 radical (unpaired) electrons. The van der Waals surface area contributed by atoms with E-state index in [1.807, 2.05) is 18.0 Å². The van der Waals surface area contributed by atoms with Crippen molar-refractivity contribution in [2.24, 2.45) is 0 Å². The van der Waals surface area contributed by atoms with E-state index in [9.17, 15) is 9.18 Å². The average Bonchev–Trinajstić information content (AvgIpc) is 2.28. The van der Waals surface area contributed by atoms with Crippen molar-refractivity contribution in [1.29, 1.82) is 5.26 Å². The van der Waals surface area contributed by atoms with Gasteiger partial charge in [-0.05, 0) is 31.2 Å². The van der Waals surface area contributed by atoms with Crippen molar-refractivity contribution < 1.29 is 9.18 Å². The number of nitriles is 1. The fourth-order valence-corrected chi connectivity index (χ4v) is 1.50. The molecular formula is C13H15FN2O. The summed E-state index contributed by atoms with van der Waals surface area (Å²) >= 11 is 0. The van der Waals surface area contributed by atoms with Gasteiger partial charge >= 0.3 is 0 Å². The van der Waals surface area contributed by atoms with Crippen LogP contribution in [0.15, 0.2) is 24.3 Å². The molecule has 0 fully saturated rings. The van der Waals surface area contributed by atoms with Gasteiger partial charge in [0, 0.05) is 6.54 Å². The van der Waals surface area contributed by atoms with Gasteiger partial charge in [0.2, 0.25) is 0 Å². The summed E-state index contributed by atoms with van der Waals surface area (Å²) in [6.45, 7) is 0.998. The molecule has 0 N–H and O–H groups in total. The Labute approximate surface area is 100 Å². The molecule has 1 aromatic carbocycles. The minimum Gasteiger partial charge on any atom is -0.299 e. The lowest BCUT2D eigenvalue weighted by Gasteiger charge is -2.14. The molecule has 0 saturated carbocycles. The normalized spacial score (nSPS) is 10.2. The minimum absolute atomic E-state index is 0.0408. The predicted octanol–water partition coefficient (Wildman–Crippen LogP) is 1.78. The third-order valence-corrected chi connectivity index (χ3v) is 2.42. The number of benzene rings is 1. The molecule has 0 atom stereocenters. The van der Waals surface area contributed by atoms with Gasteiger partial charge in [-0.2, -0.15) is 5.26 Å². The number of nitrogens with zero attached hydrogens (tertiary/aromatic N) is 2. The Morgan fingerprint density at radius 2 is 2.06 bits per heavy atom. The Morgan fingerprint density at radius 3 is 2.65 bits per heavy atom. The summed E-state index contributed by atoms with van der Waals surface area (Å²) in [5.74, 6) is -0.319. The first-order valence-electron chi connectivity index (χ1n) is 5.43. The average molecular weight is 234 g/mol. The van der Waals surface area contributed by atoms with E-state index in [1.165, 1.54) is 12.1 Å². The number of halogens is 1. The molecule has 90 valence electrons. The van der Waals surface area contributed by atoms with Crippen LogP contribution in [-0.4, -0.2) is 30.8 Å². The van der Waals surface area contributed by atoms with E-state index >= 15 is 0 Å². The topological polar surface area (TPSA) is 44.1 Å². The molecule has 0 aliphatic carbocycles. The summed E-state index contributed by atoms with van der Waals surface area (Å²) in [5.41, 5.74) is 1.03. The van der Waals surface area contributed by atoms with E-state index in [-0.39, 0.29) is 24.6 Å². The van der Waals surface area contributed by atoms with Crippen LogP contribution in [0.3, 0.4) is 0 Å². The number of hydrogen-bond donors (Lipinski definition) is 0. The monoisotopic (exact) mass is 234 g/mol. The van der Waals surface area contributed by atoms with E-state index < -0.39 is 0 Å². The second kappa shape index (κ2) is 6.77. The van der Waals surface area contributed by atoms with Gasteiger partial charge in [0.05, 0.1) is 19.0 Å². The standard InChI is InChI=1S/C13H15FN2O/c1-16(10-13(17)6-8-15)9-7-11-2-4-12(14)5-3-11/h2-5H,6-7,9-10H2,1H3. The highest BCUT2D eigenvalue weighted by atomic mass is 19.1. The molecule has 1 aromatic rings. The first-order chi connectivity index (χ1) is 8.11. The number of likely N-dealkylation sites (N-methyl/N-ethyl adjacent to an activating group) is 1. The van der Waals surface area contributed by atoms with E-state index in [4.69, 9.17) is 5.26 Å². The van der Waals surface area contributed by atoms with Crippen LogP contribution in [0.1, 0.15) is 12.0 Å². The lowest BCUT2D eigenvalue weighted by Crippen LogP contribution is -2.27. The fraction of sp³-hybridized carbons (Fsp3) is 0.385. The molecule has 0 unspecified atom stereocenters. The van der Waals surface area contributed by atoms with Crippen LogP contribution in [0, 0.1) is 17.1 Å². The van der Waals surface area contributed by atoms with Crippen molar-refractivity contribution in [2.75, 3.05) is 20.1 Å². The van der Waals surface area contributed by atoms with E-state index in [1.54, 1.807) is 12.1 Å². The van der Waals surface area contributed by atoms with Crippen LogP contribution in [0.25, 0.3) is 0 Å². The second-order valence-corrected chi connectivity index (χ2v) is 3.99. The van der Waals surface area contributed by atoms with Gasteiger partial charge < -0.3 is 0 Å². The van der Waals surface area contributed by atoms with Crippen molar-refractivity contribution in [3.8, 4) is 6.07 Å². The molecule has 0 aliphatic heterocycles. The number of carbonyl (C=O) groups excluding carboxylic acids is 1. The zero-order chi connectivity index (χ0) is 12.7. The molecule has 0 amide bonds. The predicted molar refractivity (Wildman–Crippen MR) is 62.8 cm³/mol. The summed E-state index contributed by atoms with van der Waals surface area (Å²) in [5, 5.41) is 8.36. The van der Waals surface area contributed by atoms with Gasteiger partial charge in [-0.1, -0.05) is 12.1 Å². The van der Waals surface area contributed by atoms with E-state index in [2.05, 4.69) is 0 Å². The minimum atomic E-state index is -0.244. The number of ketones is 1. The molecule has 0 bridgehead atoms. The first-order valence-corrected chi connectivity index (χ1v) is 5.43. The van der Waals surface area contributed by atoms with Crippen molar-refractivity contribution >= 4 is 5.78 Å². The molecule has 0 spiro atoms. The van der Waals surface area contributed by atoms with Crippen LogP contribution in [0.2, 0.25) is 0 Å². The van der Waals surface area contributed by atoms with Gasteiger partial charge in [0.15, 0.2) is 5.78 Å². The summed E-state index contributed by atoms with van der Waals surface area (Å²) in [4.78, 5) is 13.1.